The van der Waals surface area contributed by atoms with Crippen LogP contribution in [0.3, 0.4) is 0 Å². The molecule has 0 aliphatic carbocycles. The van der Waals surface area contributed by atoms with E-state index in [9.17, 15) is 4.79 Å². The van der Waals surface area contributed by atoms with Gasteiger partial charge in [0.15, 0.2) is 0 Å². The van der Waals surface area contributed by atoms with Crippen molar-refractivity contribution in [1.29, 1.82) is 0 Å². The van der Waals surface area contributed by atoms with Crippen LogP contribution in [0.15, 0.2) is 12.3 Å². The van der Waals surface area contributed by atoms with Gasteiger partial charge in [0.05, 0.1) is 16.9 Å². The monoisotopic (exact) mass is 322 g/mol. The molecule has 16 heavy (non-hydrogen) atoms. The first-order valence-corrected chi connectivity index (χ1v) is 6.67. The average molecular weight is 324 g/mol. The fourth-order valence-corrected chi connectivity index (χ4v) is 2.62. The van der Waals surface area contributed by atoms with Crippen molar-refractivity contribution in [2.24, 2.45) is 5.92 Å². The van der Waals surface area contributed by atoms with Crippen LogP contribution in [0.2, 0.25) is 10.2 Å². The lowest BCUT2D eigenvalue weighted by Crippen LogP contribution is -2.25. The van der Waals surface area contributed by atoms with Crippen molar-refractivity contribution in [2.45, 2.75) is 6.42 Å². The molecule has 0 saturated carbocycles. The zero-order chi connectivity index (χ0) is 11.7. The summed E-state index contributed by atoms with van der Waals surface area (Å²) in [6.45, 7) is 0.674. The zero-order valence-electron chi connectivity index (χ0n) is 8.29. The lowest BCUT2D eigenvalue weighted by molar-refractivity contribution is -0.117. The molecule has 1 unspecified atom stereocenters. The Balaban J connectivity index is 2.28. The standard InChI is InChI=1S/C10H9BrCl2N2O/c11-3-6-1-10(16)15(5-6)8-4-14-9(13)2-7(8)12/h2,4,6H,1,3,5H2. The molecule has 6 heteroatoms. The van der Waals surface area contributed by atoms with Crippen LogP contribution < -0.4 is 4.90 Å². The molecular formula is C10H9BrCl2N2O. The van der Waals surface area contributed by atoms with E-state index in [2.05, 4.69) is 20.9 Å². The number of alkyl halides is 1. The summed E-state index contributed by atoms with van der Waals surface area (Å²) in [6.07, 6.45) is 2.09. The van der Waals surface area contributed by atoms with Gasteiger partial charge in [-0.05, 0) is 12.0 Å². The minimum atomic E-state index is 0.0791. The number of hydrogen-bond acceptors (Lipinski definition) is 2. The predicted molar refractivity (Wildman–Crippen MR) is 68.5 cm³/mol. The SMILES string of the molecule is O=C1CC(CBr)CN1c1cnc(Cl)cc1Cl. The zero-order valence-corrected chi connectivity index (χ0v) is 11.4. The second-order valence-corrected chi connectivity index (χ2v) is 5.13. The van der Waals surface area contributed by atoms with Crippen LogP contribution in [0.25, 0.3) is 0 Å². The molecule has 1 aliphatic rings. The lowest BCUT2D eigenvalue weighted by atomic mass is 10.2. The molecule has 2 heterocycles. The third-order valence-corrected chi connectivity index (χ3v) is 3.94. The number of hydrogen-bond donors (Lipinski definition) is 0. The van der Waals surface area contributed by atoms with Crippen LogP contribution >= 0.6 is 39.1 Å². The van der Waals surface area contributed by atoms with Gasteiger partial charge in [-0.25, -0.2) is 4.98 Å². The Bertz CT molecular complexity index is 427. The second-order valence-electron chi connectivity index (χ2n) is 3.69. The Hall–Kier alpha value is -0.320. The molecule has 1 fully saturated rings. The Kier molecular flexibility index (Phi) is 3.72. The molecule has 1 aliphatic heterocycles. The first-order chi connectivity index (χ1) is 7.61. The number of aromatic nitrogens is 1. The highest BCUT2D eigenvalue weighted by atomic mass is 79.9. The molecular weight excluding hydrogens is 315 g/mol. The van der Waals surface area contributed by atoms with E-state index in [4.69, 9.17) is 23.2 Å². The molecule has 1 aromatic rings. The molecule has 0 aromatic carbocycles. The summed E-state index contributed by atoms with van der Waals surface area (Å²) >= 11 is 15.1. The second kappa shape index (κ2) is 4.90. The maximum atomic E-state index is 11.8. The van der Waals surface area contributed by atoms with E-state index in [-0.39, 0.29) is 5.91 Å². The number of rotatable bonds is 2. The van der Waals surface area contributed by atoms with Crippen LogP contribution in [0.1, 0.15) is 6.42 Å². The number of carbonyl (C=O) groups excluding carboxylic acids is 1. The summed E-state index contributed by atoms with van der Waals surface area (Å²) in [6, 6.07) is 1.55. The maximum absolute atomic E-state index is 11.8. The van der Waals surface area contributed by atoms with Crippen LogP contribution in [0.5, 0.6) is 0 Å². The van der Waals surface area contributed by atoms with Crippen molar-refractivity contribution in [3.8, 4) is 0 Å². The summed E-state index contributed by atoms with van der Waals surface area (Å²) < 4.78 is 0. The molecule has 0 bridgehead atoms. The predicted octanol–water partition coefficient (Wildman–Crippen LogP) is 3.14. The third-order valence-electron chi connectivity index (χ3n) is 2.51. The lowest BCUT2D eigenvalue weighted by Gasteiger charge is -2.17. The van der Waals surface area contributed by atoms with E-state index < -0.39 is 0 Å². The van der Waals surface area contributed by atoms with E-state index in [1.165, 1.54) is 0 Å². The smallest absolute Gasteiger partial charge is 0.227 e. The highest BCUT2D eigenvalue weighted by Crippen LogP contribution is 2.32. The summed E-state index contributed by atoms with van der Waals surface area (Å²) in [5, 5.41) is 1.61. The summed E-state index contributed by atoms with van der Waals surface area (Å²) in [4.78, 5) is 17.4. The van der Waals surface area contributed by atoms with Crippen LogP contribution in [-0.4, -0.2) is 22.8 Å². The van der Waals surface area contributed by atoms with Gasteiger partial charge in [0, 0.05) is 18.3 Å². The summed E-state index contributed by atoms with van der Waals surface area (Å²) in [7, 11) is 0. The van der Waals surface area contributed by atoms with Crippen LogP contribution in [0.4, 0.5) is 5.69 Å². The number of nitrogens with zero attached hydrogens (tertiary/aromatic N) is 2. The van der Waals surface area contributed by atoms with Crippen molar-refractivity contribution in [1.82, 2.24) is 4.98 Å². The summed E-state index contributed by atoms with van der Waals surface area (Å²) in [5.74, 6) is 0.412. The van der Waals surface area contributed by atoms with Crippen molar-refractivity contribution in [3.63, 3.8) is 0 Å². The highest BCUT2D eigenvalue weighted by molar-refractivity contribution is 9.09. The van der Waals surface area contributed by atoms with E-state index in [0.717, 1.165) is 5.33 Å². The molecule has 1 amide bonds. The van der Waals surface area contributed by atoms with E-state index in [0.29, 0.717) is 34.7 Å². The van der Waals surface area contributed by atoms with Gasteiger partial charge < -0.3 is 4.90 Å². The van der Waals surface area contributed by atoms with Crippen molar-refractivity contribution in [2.75, 3.05) is 16.8 Å². The van der Waals surface area contributed by atoms with Gasteiger partial charge in [-0.1, -0.05) is 39.1 Å². The molecule has 1 aromatic heterocycles. The van der Waals surface area contributed by atoms with E-state index in [1.807, 2.05) is 0 Å². The largest absolute Gasteiger partial charge is 0.309 e. The first kappa shape index (κ1) is 12.1. The van der Waals surface area contributed by atoms with E-state index in [1.54, 1.807) is 17.2 Å². The third kappa shape index (κ3) is 2.34. The van der Waals surface area contributed by atoms with Gasteiger partial charge in [-0.2, -0.15) is 0 Å². The number of halogens is 3. The number of anilines is 1. The number of amides is 1. The van der Waals surface area contributed by atoms with Gasteiger partial charge >= 0.3 is 0 Å². The van der Waals surface area contributed by atoms with Crippen molar-refractivity contribution >= 4 is 50.7 Å². The maximum Gasteiger partial charge on any atom is 0.227 e. The molecule has 0 spiro atoms. The van der Waals surface area contributed by atoms with E-state index >= 15 is 0 Å². The molecule has 3 nitrogen and oxygen atoms in total. The first-order valence-electron chi connectivity index (χ1n) is 4.79. The van der Waals surface area contributed by atoms with Gasteiger partial charge in [-0.3, -0.25) is 4.79 Å². The quantitative estimate of drug-likeness (QED) is 0.619. The minimum Gasteiger partial charge on any atom is -0.309 e. The highest BCUT2D eigenvalue weighted by Gasteiger charge is 2.31. The van der Waals surface area contributed by atoms with Crippen molar-refractivity contribution < 1.29 is 4.79 Å². The topological polar surface area (TPSA) is 33.2 Å². The van der Waals surface area contributed by atoms with Gasteiger partial charge in [-0.15, -0.1) is 0 Å². The summed E-state index contributed by atoms with van der Waals surface area (Å²) in [5.41, 5.74) is 0.638. The Morgan fingerprint density at radius 1 is 1.56 bits per heavy atom. The number of carbonyl (C=O) groups is 1. The molecule has 2 rings (SSSR count). The number of pyridine rings is 1. The fourth-order valence-electron chi connectivity index (χ4n) is 1.72. The van der Waals surface area contributed by atoms with Crippen LogP contribution in [0, 0.1) is 5.92 Å². The van der Waals surface area contributed by atoms with Crippen LogP contribution in [-0.2, 0) is 4.79 Å². The minimum absolute atomic E-state index is 0.0791. The molecule has 1 atom stereocenters. The molecule has 86 valence electrons. The molecule has 0 N–H and O–H groups in total. The van der Waals surface area contributed by atoms with Gasteiger partial charge in [0.2, 0.25) is 5.91 Å². The Labute approximate surface area is 112 Å². The Morgan fingerprint density at radius 2 is 2.31 bits per heavy atom. The van der Waals surface area contributed by atoms with Crippen molar-refractivity contribution in [3.05, 3.63) is 22.4 Å². The average Bonchev–Trinajstić information content (AvgIpc) is 2.60. The Morgan fingerprint density at radius 3 is 2.88 bits per heavy atom. The van der Waals surface area contributed by atoms with Gasteiger partial charge in [0.25, 0.3) is 0 Å². The molecule has 1 saturated heterocycles. The normalized spacial score (nSPS) is 20.6. The van der Waals surface area contributed by atoms with Gasteiger partial charge in [0.1, 0.15) is 5.15 Å². The fraction of sp³-hybridized carbons (Fsp3) is 0.400. The molecule has 0 radical (unpaired) electrons.